The second-order valence-electron chi connectivity index (χ2n) is 1.23. The van der Waals surface area contributed by atoms with E-state index in [0.717, 1.165) is 13.8 Å². The first-order valence-corrected chi connectivity index (χ1v) is 3.78. The maximum absolute atomic E-state index is 8.89. The average Bonchev–Trinajstić information content (AvgIpc) is 1.54. The third-order valence-corrected chi connectivity index (χ3v) is 0. The third-order valence-electron chi connectivity index (χ3n) is 0. The first-order chi connectivity index (χ1) is 5.20. The molecule has 0 rings (SSSR count). The molecule has 82 valence electrons. The zero-order chi connectivity index (χ0) is 10.7. The molecular weight excluding hydrogens is 337 g/mol. The van der Waals surface area contributed by atoms with Gasteiger partial charge in [-0.2, -0.15) is 0 Å². The van der Waals surface area contributed by atoms with E-state index in [9.17, 15) is 0 Å². The van der Waals surface area contributed by atoms with Gasteiger partial charge < -0.3 is 19.8 Å². The molecule has 0 aliphatic heterocycles. The third kappa shape index (κ3) is 6130. The van der Waals surface area contributed by atoms with Crippen molar-refractivity contribution in [3.63, 3.8) is 0 Å². The standard InChI is InChI=1S/2C2H4O2.CHCl3.Pd/c2*1-2(3)4;2-1(3)4;/h2*1H3,(H,3,4);1H;/q;;;+2/p-2. The Bertz CT molecular complexity index is 108. The monoisotopic (exact) mass is 342 g/mol. The van der Waals surface area contributed by atoms with Gasteiger partial charge in [0.15, 0.2) is 4.30 Å². The zero-order valence-corrected chi connectivity index (χ0v) is 10.5. The predicted octanol–water partition coefficient (Wildman–Crippen LogP) is -0.504. The molecule has 0 heterocycles. The van der Waals surface area contributed by atoms with Crippen LogP contribution in [0.5, 0.6) is 0 Å². The Balaban J connectivity index is -0.0000000450. The molecular formula is C5H7Cl3O4Pd. The molecule has 8 heteroatoms. The first kappa shape index (κ1) is 23.4. The SMILES string of the molecule is CC(=O)[O-].CC(=O)[O-].ClC(Cl)Cl.[Pd+2]. The molecule has 0 fully saturated rings. The van der Waals surface area contributed by atoms with Crippen molar-refractivity contribution in [1.29, 1.82) is 0 Å². The van der Waals surface area contributed by atoms with Gasteiger partial charge >= 0.3 is 20.4 Å². The van der Waals surface area contributed by atoms with Crippen LogP contribution in [0.3, 0.4) is 0 Å². The summed E-state index contributed by atoms with van der Waals surface area (Å²) in [5.41, 5.74) is 0. The number of halogens is 3. The van der Waals surface area contributed by atoms with Crippen LogP contribution in [-0.2, 0) is 30.0 Å². The van der Waals surface area contributed by atoms with Crippen LogP contribution in [0.1, 0.15) is 13.8 Å². The number of aliphatic carboxylic acids is 2. The number of alkyl halides is 3. The largest absolute Gasteiger partial charge is 2.00 e. The summed E-state index contributed by atoms with van der Waals surface area (Å²) < 4.78 is -0.750. The van der Waals surface area contributed by atoms with Crippen molar-refractivity contribution in [3.8, 4) is 0 Å². The number of hydrogen-bond donors (Lipinski definition) is 0. The summed E-state index contributed by atoms with van der Waals surface area (Å²) in [6.07, 6.45) is 0. The minimum absolute atomic E-state index is 0. The van der Waals surface area contributed by atoms with Crippen molar-refractivity contribution >= 4 is 46.7 Å². The zero-order valence-electron chi connectivity index (χ0n) is 6.66. The van der Waals surface area contributed by atoms with Crippen LogP contribution in [-0.4, -0.2) is 16.2 Å². The molecule has 0 aromatic heterocycles. The summed E-state index contributed by atoms with van der Waals surface area (Å²) in [4.78, 5) is 17.8. The Labute approximate surface area is 105 Å². The fourth-order valence-corrected chi connectivity index (χ4v) is 0. The van der Waals surface area contributed by atoms with Crippen LogP contribution >= 0.6 is 34.8 Å². The molecule has 0 saturated heterocycles. The number of hydrogen-bond acceptors (Lipinski definition) is 4. The molecule has 0 atom stereocenters. The number of rotatable bonds is 0. The fraction of sp³-hybridized carbons (Fsp3) is 0.600. The van der Waals surface area contributed by atoms with Crippen molar-refractivity contribution < 1.29 is 40.2 Å². The summed E-state index contributed by atoms with van der Waals surface area (Å²) in [5, 5.41) is 17.8. The Morgan fingerprint density at radius 1 is 1.00 bits per heavy atom. The van der Waals surface area contributed by atoms with Gasteiger partial charge in [-0.05, 0) is 13.8 Å². The molecule has 0 aromatic rings. The quantitative estimate of drug-likeness (QED) is 0.438. The Hall–Kier alpha value is 0.472. The summed E-state index contributed by atoms with van der Waals surface area (Å²) in [5.74, 6) is -2.17. The molecule has 0 amide bonds. The molecule has 0 N–H and O–H groups in total. The van der Waals surface area contributed by atoms with E-state index in [1.807, 2.05) is 0 Å². The smallest absolute Gasteiger partial charge is 0.550 e. The summed E-state index contributed by atoms with van der Waals surface area (Å²) in [7, 11) is 0. The van der Waals surface area contributed by atoms with Gasteiger partial charge in [0, 0.05) is 11.9 Å². The fourth-order valence-electron chi connectivity index (χ4n) is 0. The van der Waals surface area contributed by atoms with Gasteiger partial charge in [-0.15, -0.1) is 0 Å². The van der Waals surface area contributed by atoms with E-state index in [1.165, 1.54) is 0 Å². The van der Waals surface area contributed by atoms with E-state index in [1.54, 1.807) is 0 Å². The van der Waals surface area contributed by atoms with Gasteiger partial charge in [0.05, 0.1) is 0 Å². The summed E-state index contributed by atoms with van der Waals surface area (Å²) in [6, 6.07) is 0. The molecule has 0 aliphatic carbocycles. The van der Waals surface area contributed by atoms with Crippen molar-refractivity contribution in [1.82, 2.24) is 0 Å². The first-order valence-electron chi connectivity index (χ1n) is 2.47. The second-order valence-corrected chi connectivity index (χ2v) is 3.21. The van der Waals surface area contributed by atoms with Gasteiger partial charge in [0.2, 0.25) is 0 Å². The number of carboxylic acid groups (broad SMARTS) is 2. The van der Waals surface area contributed by atoms with Gasteiger partial charge in [0.25, 0.3) is 0 Å². The Morgan fingerprint density at radius 2 is 1.00 bits per heavy atom. The minimum atomic E-state index is -1.08. The molecule has 0 aliphatic rings. The Morgan fingerprint density at radius 3 is 1.00 bits per heavy atom. The molecule has 0 unspecified atom stereocenters. The summed E-state index contributed by atoms with van der Waals surface area (Å²) >= 11 is 14.4. The minimum Gasteiger partial charge on any atom is -0.550 e. The van der Waals surface area contributed by atoms with E-state index < -0.39 is 16.2 Å². The van der Waals surface area contributed by atoms with Gasteiger partial charge in [-0.25, -0.2) is 0 Å². The van der Waals surface area contributed by atoms with E-state index in [2.05, 4.69) is 0 Å². The molecule has 0 radical (unpaired) electrons. The van der Waals surface area contributed by atoms with E-state index in [-0.39, 0.29) is 20.4 Å². The predicted molar refractivity (Wildman–Crippen MR) is 42.7 cm³/mol. The molecule has 13 heavy (non-hydrogen) atoms. The van der Waals surface area contributed by atoms with Gasteiger partial charge in [-0.3, -0.25) is 0 Å². The molecule has 0 bridgehead atoms. The maximum Gasteiger partial charge on any atom is 2.00 e. The van der Waals surface area contributed by atoms with Crippen molar-refractivity contribution in [3.05, 3.63) is 0 Å². The van der Waals surface area contributed by atoms with E-state index >= 15 is 0 Å². The number of carbonyl (C=O) groups excluding carboxylic acids is 2. The van der Waals surface area contributed by atoms with Crippen LogP contribution in [0.4, 0.5) is 0 Å². The normalized spacial score (nSPS) is 6.62. The molecule has 0 spiro atoms. The number of carboxylic acids is 2. The van der Waals surface area contributed by atoms with Crippen LogP contribution < -0.4 is 10.2 Å². The van der Waals surface area contributed by atoms with Gasteiger partial charge in [-0.1, -0.05) is 34.8 Å². The van der Waals surface area contributed by atoms with Crippen LogP contribution in [0.25, 0.3) is 0 Å². The van der Waals surface area contributed by atoms with Gasteiger partial charge in [0.1, 0.15) is 0 Å². The van der Waals surface area contributed by atoms with E-state index in [4.69, 9.17) is 54.6 Å². The average molecular weight is 344 g/mol. The van der Waals surface area contributed by atoms with E-state index in [0.29, 0.717) is 0 Å². The maximum atomic E-state index is 8.89. The van der Waals surface area contributed by atoms with Crippen LogP contribution in [0.15, 0.2) is 0 Å². The van der Waals surface area contributed by atoms with Crippen molar-refractivity contribution in [2.45, 2.75) is 18.1 Å². The van der Waals surface area contributed by atoms with Crippen LogP contribution in [0.2, 0.25) is 0 Å². The Kier molecular flexibility index (Phi) is 32.9. The van der Waals surface area contributed by atoms with Crippen molar-refractivity contribution in [2.75, 3.05) is 0 Å². The second kappa shape index (κ2) is 18.3. The molecule has 4 nitrogen and oxygen atoms in total. The number of carbonyl (C=O) groups is 2. The topological polar surface area (TPSA) is 80.3 Å². The van der Waals surface area contributed by atoms with Crippen LogP contribution in [0, 0.1) is 0 Å². The molecule has 0 aromatic carbocycles. The summed E-state index contributed by atoms with van der Waals surface area (Å²) in [6.45, 7) is 1.94. The molecule has 0 saturated carbocycles. The van der Waals surface area contributed by atoms with Crippen molar-refractivity contribution in [2.24, 2.45) is 0 Å².